The quantitative estimate of drug-likeness (QED) is 0.800. The van der Waals surface area contributed by atoms with E-state index in [9.17, 15) is 9.90 Å². The molecule has 0 spiro atoms. The third-order valence-corrected chi connectivity index (χ3v) is 2.37. The van der Waals surface area contributed by atoms with Gasteiger partial charge in [-0.2, -0.15) is 0 Å². The average molecular weight is 238 g/mol. The van der Waals surface area contributed by atoms with Crippen molar-refractivity contribution in [3.63, 3.8) is 0 Å². The van der Waals surface area contributed by atoms with Gasteiger partial charge in [-0.25, -0.2) is 4.79 Å². The van der Waals surface area contributed by atoms with E-state index in [2.05, 4.69) is 4.74 Å². The molecule has 17 heavy (non-hydrogen) atoms. The van der Waals surface area contributed by atoms with Crippen molar-refractivity contribution < 1.29 is 19.4 Å². The molecule has 1 rings (SSSR count). The van der Waals surface area contributed by atoms with Gasteiger partial charge >= 0.3 is 6.16 Å². The standard InChI is InChI=1S/C13H18O4/c1-3-10-6-5-7-11(8-10)12(14)9-17-13(15)16-4-2/h5-8,12,14H,3-4,9H2,1-2H3. The second-order valence-electron chi connectivity index (χ2n) is 3.61. The minimum absolute atomic E-state index is 0.0913. The van der Waals surface area contributed by atoms with Gasteiger partial charge in [0.25, 0.3) is 0 Å². The van der Waals surface area contributed by atoms with E-state index in [0.717, 1.165) is 17.5 Å². The first-order chi connectivity index (χ1) is 8.17. The molecule has 0 radical (unpaired) electrons. The lowest BCUT2D eigenvalue weighted by Gasteiger charge is -2.12. The van der Waals surface area contributed by atoms with Crippen molar-refractivity contribution >= 4 is 6.16 Å². The Morgan fingerprint density at radius 1 is 1.35 bits per heavy atom. The fourth-order valence-corrected chi connectivity index (χ4v) is 1.42. The van der Waals surface area contributed by atoms with Gasteiger partial charge in [0.15, 0.2) is 0 Å². The number of rotatable bonds is 5. The van der Waals surface area contributed by atoms with E-state index >= 15 is 0 Å². The summed E-state index contributed by atoms with van der Waals surface area (Å²) in [4.78, 5) is 10.9. The molecule has 0 amide bonds. The van der Waals surface area contributed by atoms with Gasteiger partial charge in [0.05, 0.1) is 6.61 Å². The van der Waals surface area contributed by atoms with Crippen LogP contribution in [-0.4, -0.2) is 24.5 Å². The van der Waals surface area contributed by atoms with Crippen molar-refractivity contribution in [2.24, 2.45) is 0 Å². The number of hydrogen-bond acceptors (Lipinski definition) is 4. The van der Waals surface area contributed by atoms with Gasteiger partial charge in [-0.05, 0) is 24.5 Å². The number of carbonyl (C=O) groups is 1. The Hall–Kier alpha value is -1.55. The zero-order chi connectivity index (χ0) is 12.7. The third-order valence-electron chi connectivity index (χ3n) is 2.37. The van der Waals surface area contributed by atoms with E-state index in [1.54, 1.807) is 13.0 Å². The Bertz CT molecular complexity index is 362. The zero-order valence-corrected chi connectivity index (χ0v) is 10.2. The van der Waals surface area contributed by atoms with Gasteiger partial charge in [0.1, 0.15) is 12.7 Å². The lowest BCUT2D eigenvalue weighted by molar-refractivity contribution is 0.0207. The maximum atomic E-state index is 10.9. The summed E-state index contributed by atoms with van der Waals surface area (Å²) in [5.41, 5.74) is 1.88. The van der Waals surface area contributed by atoms with E-state index in [-0.39, 0.29) is 13.2 Å². The van der Waals surface area contributed by atoms with Crippen molar-refractivity contribution in [3.8, 4) is 0 Å². The van der Waals surface area contributed by atoms with Crippen LogP contribution < -0.4 is 0 Å². The Morgan fingerprint density at radius 3 is 2.76 bits per heavy atom. The van der Waals surface area contributed by atoms with Crippen LogP contribution in [0.1, 0.15) is 31.1 Å². The maximum Gasteiger partial charge on any atom is 0.508 e. The minimum Gasteiger partial charge on any atom is -0.435 e. The minimum atomic E-state index is -0.814. The highest BCUT2D eigenvalue weighted by Gasteiger charge is 2.11. The van der Waals surface area contributed by atoms with Gasteiger partial charge in [0.2, 0.25) is 0 Å². The second-order valence-corrected chi connectivity index (χ2v) is 3.61. The van der Waals surface area contributed by atoms with Crippen LogP contribution in [0.25, 0.3) is 0 Å². The predicted molar refractivity (Wildman–Crippen MR) is 63.8 cm³/mol. The molecule has 1 N–H and O–H groups in total. The van der Waals surface area contributed by atoms with Crippen LogP contribution in [0.4, 0.5) is 4.79 Å². The first kappa shape index (κ1) is 13.5. The normalized spacial score (nSPS) is 11.9. The Kier molecular flexibility index (Phi) is 5.49. The van der Waals surface area contributed by atoms with Crippen molar-refractivity contribution in [1.82, 2.24) is 0 Å². The highest BCUT2D eigenvalue weighted by Crippen LogP contribution is 2.15. The van der Waals surface area contributed by atoms with Crippen LogP contribution in [0.3, 0.4) is 0 Å². The molecule has 0 saturated carbocycles. The lowest BCUT2D eigenvalue weighted by atomic mass is 10.1. The topological polar surface area (TPSA) is 55.8 Å². The number of carbonyl (C=O) groups excluding carboxylic acids is 1. The molecule has 1 aromatic carbocycles. The van der Waals surface area contributed by atoms with Gasteiger partial charge in [0, 0.05) is 0 Å². The molecule has 0 saturated heterocycles. The molecule has 0 bridgehead atoms. The summed E-state index contributed by atoms with van der Waals surface area (Å²) < 4.78 is 9.36. The smallest absolute Gasteiger partial charge is 0.435 e. The molecule has 0 aliphatic carbocycles. The van der Waals surface area contributed by atoms with E-state index in [4.69, 9.17) is 4.74 Å². The number of benzene rings is 1. The largest absolute Gasteiger partial charge is 0.508 e. The first-order valence-corrected chi connectivity index (χ1v) is 5.73. The molecule has 4 heteroatoms. The van der Waals surface area contributed by atoms with Crippen LogP contribution in [0, 0.1) is 0 Å². The monoisotopic (exact) mass is 238 g/mol. The summed E-state index contributed by atoms with van der Waals surface area (Å²) in [6.07, 6.45) is -0.664. The SMILES string of the molecule is CCOC(=O)OCC(O)c1cccc(CC)c1. The molecular weight excluding hydrogens is 220 g/mol. The molecule has 1 atom stereocenters. The molecule has 94 valence electrons. The molecule has 1 aromatic rings. The van der Waals surface area contributed by atoms with Gasteiger partial charge in [-0.1, -0.05) is 31.2 Å². The fraction of sp³-hybridized carbons (Fsp3) is 0.462. The van der Waals surface area contributed by atoms with Gasteiger partial charge in [-0.3, -0.25) is 0 Å². The van der Waals surface area contributed by atoms with Gasteiger partial charge in [-0.15, -0.1) is 0 Å². The number of aryl methyl sites for hydroxylation is 1. The summed E-state index contributed by atoms with van der Waals surface area (Å²) in [5.74, 6) is 0. The fourth-order valence-electron chi connectivity index (χ4n) is 1.42. The molecular formula is C13H18O4. The van der Waals surface area contributed by atoms with Crippen LogP contribution >= 0.6 is 0 Å². The van der Waals surface area contributed by atoms with Crippen molar-refractivity contribution in [1.29, 1.82) is 0 Å². The molecule has 4 nitrogen and oxygen atoms in total. The highest BCUT2D eigenvalue weighted by molar-refractivity contribution is 5.59. The number of ether oxygens (including phenoxy) is 2. The van der Waals surface area contributed by atoms with Crippen LogP contribution in [0.15, 0.2) is 24.3 Å². The maximum absolute atomic E-state index is 10.9. The number of hydrogen-bond donors (Lipinski definition) is 1. The van der Waals surface area contributed by atoms with E-state index < -0.39 is 12.3 Å². The van der Waals surface area contributed by atoms with Crippen molar-refractivity contribution in [3.05, 3.63) is 35.4 Å². The molecule has 0 aliphatic rings. The number of aliphatic hydroxyl groups excluding tert-OH is 1. The predicted octanol–water partition coefficient (Wildman–Crippen LogP) is 2.46. The van der Waals surface area contributed by atoms with Gasteiger partial charge < -0.3 is 14.6 Å². The Balaban J connectivity index is 2.51. The van der Waals surface area contributed by atoms with Crippen LogP contribution in [0.5, 0.6) is 0 Å². The summed E-state index contributed by atoms with van der Waals surface area (Å²) in [5, 5.41) is 9.82. The lowest BCUT2D eigenvalue weighted by Crippen LogP contribution is -2.13. The molecule has 0 heterocycles. The molecule has 0 aromatic heterocycles. The Morgan fingerprint density at radius 2 is 2.12 bits per heavy atom. The summed E-state index contributed by atoms with van der Waals surface area (Å²) in [7, 11) is 0. The van der Waals surface area contributed by atoms with Crippen LogP contribution in [0.2, 0.25) is 0 Å². The summed E-state index contributed by atoms with van der Waals surface area (Å²) >= 11 is 0. The first-order valence-electron chi connectivity index (χ1n) is 5.73. The average Bonchev–Trinajstić information content (AvgIpc) is 2.36. The molecule has 0 fully saturated rings. The second kappa shape index (κ2) is 6.91. The van der Waals surface area contributed by atoms with E-state index in [0.29, 0.717) is 0 Å². The van der Waals surface area contributed by atoms with Crippen LogP contribution in [-0.2, 0) is 15.9 Å². The van der Waals surface area contributed by atoms with Crippen molar-refractivity contribution in [2.75, 3.05) is 13.2 Å². The Labute approximate surface area is 101 Å². The van der Waals surface area contributed by atoms with E-state index in [1.165, 1.54) is 0 Å². The number of aliphatic hydroxyl groups is 1. The third kappa shape index (κ3) is 4.44. The summed E-state index contributed by atoms with van der Waals surface area (Å²) in [6, 6.07) is 7.57. The van der Waals surface area contributed by atoms with Crippen molar-refractivity contribution in [2.45, 2.75) is 26.4 Å². The summed E-state index contributed by atoms with van der Waals surface area (Å²) in [6.45, 7) is 3.91. The highest BCUT2D eigenvalue weighted by atomic mass is 16.7. The molecule has 1 unspecified atom stereocenters. The molecule has 0 aliphatic heterocycles. The van der Waals surface area contributed by atoms with E-state index in [1.807, 2.05) is 25.1 Å². The zero-order valence-electron chi connectivity index (χ0n) is 10.2.